The summed E-state index contributed by atoms with van der Waals surface area (Å²) >= 11 is 1.28. The van der Waals surface area contributed by atoms with E-state index in [1.54, 1.807) is 0 Å². The van der Waals surface area contributed by atoms with Gasteiger partial charge in [0.2, 0.25) is 11.1 Å². The Morgan fingerprint density at radius 2 is 1.84 bits per heavy atom. The van der Waals surface area contributed by atoms with Crippen molar-refractivity contribution in [2.45, 2.75) is 32.9 Å². The molecule has 0 aliphatic rings. The van der Waals surface area contributed by atoms with Gasteiger partial charge in [0.15, 0.2) is 5.78 Å². The number of H-pyrrole nitrogens is 1. The van der Waals surface area contributed by atoms with E-state index in [1.165, 1.54) is 22.9 Å². The SMILES string of the molecule is Cc1cc(C)cc(-n2c(C)cc(C(=O)CSc3n[nH]c(N)n3)c2C)c1. The molecule has 7 heteroatoms. The molecule has 25 heavy (non-hydrogen) atoms. The second-order valence-electron chi connectivity index (χ2n) is 6.18. The lowest BCUT2D eigenvalue weighted by atomic mass is 10.1. The number of carbonyl (C=O) groups is 1. The average Bonchev–Trinajstić information content (AvgIpc) is 3.07. The van der Waals surface area contributed by atoms with Crippen molar-refractivity contribution in [3.05, 3.63) is 52.3 Å². The summed E-state index contributed by atoms with van der Waals surface area (Å²) in [7, 11) is 0. The number of nitrogens with zero attached hydrogens (tertiary/aromatic N) is 3. The highest BCUT2D eigenvalue weighted by atomic mass is 32.2. The van der Waals surface area contributed by atoms with Crippen LogP contribution < -0.4 is 5.73 Å². The van der Waals surface area contributed by atoms with Crippen molar-refractivity contribution >= 4 is 23.5 Å². The average molecular weight is 355 g/mol. The third-order valence-corrected chi connectivity index (χ3v) is 4.86. The van der Waals surface area contributed by atoms with Crippen LogP contribution >= 0.6 is 11.8 Å². The molecule has 0 spiro atoms. The van der Waals surface area contributed by atoms with Gasteiger partial charge in [0.25, 0.3) is 0 Å². The predicted molar refractivity (Wildman–Crippen MR) is 101 cm³/mol. The number of hydrogen-bond acceptors (Lipinski definition) is 5. The molecule has 0 amide bonds. The first-order valence-electron chi connectivity index (χ1n) is 7.96. The lowest BCUT2D eigenvalue weighted by Gasteiger charge is -2.12. The Labute approximate surface area is 150 Å². The number of nitrogens with two attached hydrogens (primary N) is 1. The molecule has 1 aromatic carbocycles. The topological polar surface area (TPSA) is 89.6 Å². The third-order valence-electron chi connectivity index (χ3n) is 4.01. The molecule has 0 fully saturated rings. The third kappa shape index (κ3) is 3.61. The van der Waals surface area contributed by atoms with Crippen molar-refractivity contribution < 1.29 is 4.79 Å². The van der Waals surface area contributed by atoms with Crippen LogP contribution in [0.25, 0.3) is 5.69 Å². The molecule has 0 atom stereocenters. The van der Waals surface area contributed by atoms with Crippen LogP contribution in [0.5, 0.6) is 0 Å². The Kier molecular flexibility index (Phi) is 4.67. The van der Waals surface area contributed by atoms with Crippen molar-refractivity contribution in [1.82, 2.24) is 19.7 Å². The molecule has 6 nitrogen and oxygen atoms in total. The normalized spacial score (nSPS) is 11.0. The van der Waals surface area contributed by atoms with Crippen LogP contribution in [0.15, 0.2) is 29.4 Å². The fraction of sp³-hybridized carbons (Fsp3) is 0.278. The molecule has 0 saturated heterocycles. The van der Waals surface area contributed by atoms with E-state index in [4.69, 9.17) is 5.73 Å². The first-order chi connectivity index (χ1) is 11.8. The largest absolute Gasteiger partial charge is 0.368 e. The first kappa shape index (κ1) is 17.3. The minimum atomic E-state index is 0.0529. The van der Waals surface area contributed by atoms with Crippen LogP contribution in [0.2, 0.25) is 0 Å². The molecule has 0 aliphatic heterocycles. The summed E-state index contributed by atoms with van der Waals surface area (Å²) in [6, 6.07) is 8.35. The highest BCUT2D eigenvalue weighted by Gasteiger charge is 2.18. The highest BCUT2D eigenvalue weighted by Crippen LogP contribution is 2.24. The van der Waals surface area contributed by atoms with E-state index in [2.05, 4.69) is 51.8 Å². The predicted octanol–water partition coefficient (Wildman–Crippen LogP) is 3.39. The number of rotatable bonds is 5. The van der Waals surface area contributed by atoms with Crippen molar-refractivity contribution in [2.24, 2.45) is 0 Å². The maximum atomic E-state index is 12.6. The van der Waals surface area contributed by atoms with E-state index in [1.807, 2.05) is 19.9 Å². The van der Waals surface area contributed by atoms with E-state index < -0.39 is 0 Å². The van der Waals surface area contributed by atoms with Gasteiger partial charge >= 0.3 is 0 Å². The summed E-state index contributed by atoms with van der Waals surface area (Å²) in [6.07, 6.45) is 0. The number of aromatic nitrogens is 4. The Morgan fingerprint density at radius 1 is 1.16 bits per heavy atom. The molecule has 0 aliphatic carbocycles. The van der Waals surface area contributed by atoms with Gasteiger partial charge in [0, 0.05) is 22.6 Å². The molecule has 3 rings (SSSR count). The second kappa shape index (κ2) is 6.76. The van der Waals surface area contributed by atoms with Crippen molar-refractivity contribution in [3.63, 3.8) is 0 Å². The summed E-state index contributed by atoms with van der Waals surface area (Å²) in [4.78, 5) is 16.7. The molecule has 0 radical (unpaired) electrons. The smallest absolute Gasteiger partial charge is 0.216 e. The maximum Gasteiger partial charge on any atom is 0.216 e. The van der Waals surface area contributed by atoms with E-state index in [0.717, 1.165) is 22.6 Å². The highest BCUT2D eigenvalue weighted by molar-refractivity contribution is 7.99. The van der Waals surface area contributed by atoms with Gasteiger partial charge in [0.05, 0.1) is 5.75 Å². The molecule has 130 valence electrons. The maximum absolute atomic E-state index is 12.6. The quantitative estimate of drug-likeness (QED) is 0.541. The van der Waals surface area contributed by atoms with Gasteiger partial charge in [-0.05, 0) is 57.0 Å². The lowest BCUT2D eigenvalue weighted by Crippen LogP contribution is -2.06. The Balaban J connectivity index is 1.87. The number of hydrogen-bond donors (Lipinski definition) is 2. The number of benzene rings is 1. The van der Waals surface area contributed by atoms with Crippen LogP contribution in [0.4, 0.5) is 5.95 Å². The van der Waals surface area contributed by atoms with Gasteiger partial charge in [-0.15, -0.1) is 5.10 Å². The van der Waals surface area contributed by atoms with Gasteiger partial charge in [-0.3, -0.25) is 4.79 Å². The van der Waals surface area contributed by atoms with Gasteiger partial charge in [-0.2, -0.15) is 4.98 Å². The number of Topliss-reactive ketones (excluding diaryl/α,β-unsaturated/α-hetero) is 1. The minimum Gasteiger partial charge on any atom is -0.368 e. The van der Waals surface area contributed by atoms with Crippen molar-refractivity contribution in [2.75, 3.05) is 11.5 Å². The van der Waals surface area contributed by atoms with Crippen LogP contribution in [0, 0.1) is 27.7 Å². The monoisotopic (exact) mass is 355 g/mol. The summed E-state index contributed by atoms with van der Waals surface area (Å²) in [5.74, 6) is 0.578. The zero-order chi connectivity index (χ0) is 18.1. The van der Waals surface area contributed by atoms with Gasteiger partial charge in [-0.1, -0.05) is 17.8 Å². The number of nitrogens with one attached hydrogen (secondary N) is 1. The zero-order valence-corrected chi connectivity index (χ0v) is 15.6. The van der Waals surface area contributed by atoms with Crippen LogP contribution in [0.3, 0.4) is 0 Å². The summed E-state index contributed by atoms with van der Waals surface area (Å²) < 4.78 is 2.13. The van der Waals surface area contributed by atoms with E-state index >= 15 is 0 Å². The summed E-state index contributed by atoms with van der Waals surface area (Å²) in [5.41, 5.74) is 11.7. The van der Waals surface area contributed by atoms with Gasteiger partial charge < -0.3 is 10.3 Å². The van der Waals surface area contributed by atoms with E-state index in [-0.39, 0.29) is 17.5 Å². The molecule has 3 N–H and O–H groups in total. The molecular formula is C18H21N5OS. The zero-order valence-electron chi connectivity index (χ0n) is 14.8. The van der Waals surface area contributed by atoms with Crippen molar-refractivity contribution in [3.8, 4) is 5.69 Å². The second-order valence-corrected chi connectivity index (χ2v) is 7.12. The van der Waals surface area contributed by atoms with Gasteiger partial charge in [-0.25, -0.2) is 5.10 Å². The molecule has 0 bridgehead atoms. The van der Waals surface area contributed by atoms with E-state index in [0.29, 0.717) is 5.16 Å². The molecule has 0 unspecified atom stereocenters. The standard InChI is InChI=1S/C18H21N5OS/c1-10-5-11(2)7-14(6-10)23-12(3)8-15(13(23)4)16(24)9-25-18-20-17(19)21-22-18/h5-8H,9H2,1-4H3,(H3,19,20,21,22). The molecule has 2 aromatic heterocycles. The molecule has 0 saturated carbocycles. The Hall–Kier alpha value is -2.54. The van der Waals surface area contributed by atoms with Crippen LogP contribution in [-0.2, 0) is 0 Å². The van der Waals surface area contributed by atoms with Gasteiger partial charge in [0.1, 0.15) is 0 Å². The number of thioether (sulfide) groups is 1. The fourth-order valence-electron chi connectivity index (χ4n) is 3.05. The molecular weight excluding hydrogens is 334 g/mol. The number of nitrogen functional groups attached to an aromatic ring is 1. The fourth-order valence-corrected chi connectivity index (χ4v) is 3.74. The first-order valence-corrected chi connectivity index (χ1v) is 8.95. The molecule has 2 heterocycles. The number of ketones is 1. The number of aromatic amines is 1. The van der Waals surface area contributed by atoms with Crippen LogP contribution in [0.1, 0.15) is 32.9 Å². The van der Waals surface area contributed by atoms with Crippen molar-refractivity contribution in [1.29, 1.82) is 0 Å². The summed E-state index contributed by atoms with van der Waals surface area (Å²) in [5, 5.41) is 6.99. The number of aryl methyl sites for hydroxylation is 3. The Morgan fingerprint density at radius 3 is 2.44 bits per heavy atom. The summed E-state index contributed by atoms with van der Waals surface area (Å²) in [6.45, 7) is 8.16. The number of carbonyl (C=O) groups excluding carboxylic acids is 1. The minimum absolute atomic E-state index is 0.0529. The van der Waals surface area contributed by atoms with Crippen LogP contribution in [-0.4, -0.2) is 31.3 Å². The van der Waals surface area contributed by atoms with E-state index in [9.17, 15) is 4.79 Å². The molecule has 3 aromatic rings. The number of anilines is 1. The Bertz CT molecular complexity index is 921. The lowest BCUT2D eigenvalue weighted by molar-refractivity contribution is 0.102.